The van der Waals surface area contributed by atoms with Crippen LogP contribution in [0, 0.1) is 35.0 Å². The molecule has 6 heteroatoms. The molecule has 0 aromatic heterocycles. The van der Waals surface area contributed by atoms with Crippen LogP contribution in [-0.2, 0) is 4.43 Å². The Hall–Kier alpha value is -1.53. The zero-order valence-electron chi connectivity index (χ0n) is 37.9. The molecule has 4 rings (SSSR count). The summed E-state index contributed by atoms with van der Waals surface area (Å²) in [6.45, 7) is 45.0. The second-order valence-corrected chi connectivity index (χ2v) is 36.5. The van der Waals surface area contributed by atoms with E-state index in [4.69, 9.17) is 13.3 Å². The normalized spacial score (nSPS) is 25.9. The summed E-state index contributed by atoms with van der Waals surface area (Å²) in [4.78, 5) is 0. The molecular weight excluding hydrogens is 697 g/mol. The van der Waals surface area contributed by atoms with E-state index in [2.05, 4.69) is 165 Å². The summed E-state index contributed by atoms with van der Waals surface area (Å²) in [6.07, 6.45) is 10.9. The first-order chi connectivity index (χ1) is 24.0. The second kappa shape index (κ2) is 15.4. The van der Waals surface area contributed by atoms with Crippen LogP contribution in [0.4, 0.5) is 0 Å². The minimum absolute atomic E-state index is 0.102. The number of fused-ring (bicyclic) bond motifs is 1. The van der Waals surface area contributed by atoms with Crippen LogP contribution in [-0.4, -0.2) is 31.1 Å². The molecule has 1 aromatic carbocycles. The molecule has 1 aromatic rings. The van der Waals surface area contributed by atoms with Gasteiger partial charge in [0.1, 0.15) is 11.5 Å². The molecule has 6 atom stereocenters. The lowest BCUT2D eigenvalue weighted by atomic mass is 9.60. The Kier molecular flexibility index (Phi) is 12.9. The zero-order chi connectivity index (χ0) is 40.2. The first-order valence-corrected chi connectivity index (χ1v) is 29.8. The van der Waals surface area contributed by atoms with Gasteiger partial charge in [0.25, 0.3) is 16.6 Å². The summed E-state index contributed by atoms with van der Waals surface area (Å²) >= 11 is 0. The Bertz CT molecular complexity index is 1600. The van der Waals surface area contributed by atoms with Gasteiger partial charge in [0, 0.05) is 17.6 Å². The van der Waals surface area contributed by atoms with Gasteiger partial charge in [-0.2, -0.15) is 0 Å². The molecule has 3 aliphatic rings. The largest absolute Gasteiger partial charge is 0.541 e. The van der Waals surface area contributed by atoms with Crippen molar-refractivity contribution in [2.45, 2.75) is 201 Å². The lowest BCUT2D eigenvalue weighted by Crippen LogP contribution is -2.45. The van der Waals surface area contributed by atoms with Gasteiger partial charge in [-0.1, -0.05) is 113 Å². The molecule has 53 heavy (non-hydrogen) atoms. The van der Waals surface area contributed by atoms with Crippen LogP contribution in [0.25, 0.3) is 0 Å². The average Bonchev–Trinajstić information content (AvgIpc) is 3.36. The fraction of sp³-hybridized carbons (Fsp3) is 0.745. The van der Waals surface area contributed by atoms with Crippen LogP contribution in [0.5, 0.6) is 11.5 Å². The summed E-state index contributed by atoms with van der Waals surface area (Å²) in [5.74, 6) is 11.6. The van der Waals surface area contributed by atoms with E-state index >= 15 is 0 Å². The van der Waals surface area contributed by atoms with Gasteiger partial charge in [-0.25, -0.2) is 0 Å². The van der Waals surface area contributed by atoms with Crippen molar-refractivity contribution >= 4 is 25.0 Å². The highest BCUT2D eigenvalue weighted by Gasteiger charge is 2.51. The van der Waals surface area contributed by atoms with E-state index in [0.29, 0.717) is 29.8 Å². The van der Waals surface area contributed by atoms with Crippen LogP contribution in [0.1, 0.15) is 146 Å². The summed E-state index contributed by atoms with van der Waals surface area (Å²) < 4.78 is 21.0. The standard InChI is InChI=1S/C47H80O3Si3/c1-33-22-26-39(48-51(14,15)44(4,5)6)31-37(33)24-23-36-21-20-30-47(13)40(27-28-41(36)47)35(3)34(2)38-25-29-42(49-52(16,17)45(7,8)9)43(32-38)50-53(18,19)46(10,11)12/h21,25,29,32,34-35,39-41H,20,22,26-28,30-31H2,1-19H3/t34?,35-,39?,40-,41+,47-/m1/s1. The van der Waals surface area contributed by atoms with Crippen LogP contribution in [0.15, 0.2) is 41.0 Å². The Morgan fingerprint density at radius 3 is 1.89 bits per heavy atom. The Labute approximate surface area is 331 Å². The first kappa shape index (κ1) is 44.2. The van der Waals surface area contributed by atoms with Crippen molar-refractivity contribution in [3.05, 3.63) is 46.6 Å². The molecular formula is C47H80O3Si3. The molecule has 0 N–H and O–H groups in total. The molecule has 3 aliphatic carbocycles. The number of benzene rings is 1. The van der Waals surface area contributed by atoms with E-state index in [-0.39, 0.29) is 20.5 Å². The van der Waals surface area contributed by atoms with E-state index in [0.717, 1.165) is 37.2 Å². The lowest BCUT2D eigenvalue weighted by Gasteiger charge is -2.44. The van der Waals surface area contributed by atoms with Gasteiger partial charge in [0.2, 0.25) is 0 Å². The van der Waals surface area contributed by atoms with Crippen LogP contribution < -0.4 is 8.85 Å². The predicted octanol–water partition coefficient (Wildman–Crippen LogP) is 14.8. The highest BCUT2D eigenvalue weighted by atomic mass is 28.4. The molecule has 1 fully saturated rings. The molecule has 0 bridgehead atoms. The quantitative estimate of drug-likeness (QED) is 0.185. The molecule has 3 nitrogen and oxygen atoms in total. The third-order valence-corrected chi connectivity index (χ3v) is 28.7. The molecule has 0 radical (unpaired) electrons. The molecule has 0 aliphatic heterocycles. The van der Waals surface area contributed by atoms with Gasteiger partial charge in [-0.15, -0.1) is 0 Å². The van der Waals surface area contributed by atoms with Gasteiger partial charge in [0.05, 0.1) is 6.10 Å². The van der Waals surface area contributed by atoms with Crippen LogP contribution >= 0.6 is 0 Å². The highest BCUT2D eigenvalue weighted by molar-refractivity contribution is 6.75. The maximum atomic E-state index is 7.11. The van der Waals surface area contributed by atoms with E-state index in [9.17, 15) is 0 Å². The van der Waals surface area contributed by atoms with Gasteiger partial charge < -0.3 is 13.3 Å². The fourth-order valence-corrected chi connectivity index (χ4v) is 11.8. The maximum Gasteiger partial charge on any atom is 0.250 e. The van der Waals surface area contributed by atoms with Crippen LogP contribution in [0.3, 0.4) is 0 Å². The minimum atomic E-state index is -2.09. The Balaban J connectivity index is 1.57. The highest BCUT2D eigenvalue weighted by Crippen LogP contribution is 2.60. The van der Waals surface area contributed by atoms with Crippen molar-refractivity contribution < 1.29 is 13.3 Å². The summed E-state index contributed by atoms with van der Waals surface area (Å²) in [5.41, 5.74) is 5.85. The maximum absolute atomic E-state index is 7.11. The summed E-state index contributed by atoms with van der Waals surface area (Å²) in [6, 6.07) is 6.94. The minimum Gasteiger partial charge on any atom is -0.541 e. The van der Waals surface area contributed by atoms with E-state index in [1.54, 1.807) is 0 Å². The summed E-state index contributed by atoms with van der Waals surface area (Å²) in [5, 5.41) is 0.441. The van der Waals surface area contributed by atoms with E-state index in [1.807, 2.05) is 0 Å². The van der Waals surface area contributed by atoms with Gasteiger partial charge >= 0.3 is 0 Å². The van der Waals surface area contributed by atoms with Crippen molar-refractivity contribution in [3.63, 3.8) is 0 Å². The van der Waals surface area contributed by atoms with Crippen LogP contribution in [0.2, 0.25) is 54.4 Å². The first-order valence-electron chi connectivity index (χ1n) is 21.1. The van der Waals surface area contributed by atoms with Crippen molar-refractivity contribution in [1.82, 2.24) is 0 Å². The smallest absolute Gasteiger partial charge is 0.250 e. The topological polar surface area (TPSA) is 27.7 Å². The van der Waals surface area contributed by atoms with Gasteiger partial charge in [-0.3, -0.25) is 0 Å². The Morgan fingerprint density at radius 1 is 0.755 bits per heavy atom. The number of rotatable bonds is 9. The predicted molar refractivity (Wildman–Crippen MR) is 238 cm³/mol. The zero-order valence-corrected chi connectivity index (χ0v) is 40.9. The molecule has 1 saturated carbocycles. The van der Waals surface area contributed by atoms with Crippen molar-refractivity contribution in [3.8, 4) is 23.3 Å². The molecule has 0 heterocycles. The monoisotopic (exact) mass is 777 g/mol. The van der Waals surface area contributed by atoms with Crippen molar-refractivity contribution in [2.24, 2.45) is 23.2 Å². The average molecular weight is 777 g/mol. The van der Waals surface area contributed by atoms with Gasteiger partial charge in [0.15, 0.2) is 8.32 Å². The fourth-order valence-electron chi connectivity index (χ4n) is 8.33. The molecule has 0 amide bonds. The molecule has 0 spiro atoms. The van der Waals surface area contributed by atoms with E-state index < -0.39 is 25.0 Å². The third-order valence-electron chi connectivity index (χ3n) is 15.5. The molecule has 0 saturated heterocycles. The molecule has 298 valence electrons. The van der Waals surface area contributed by atoms with E-state index in [1.165, 1.54) is 41.5 Å². The number of allylic oxidation sites excluding steroid dienone is 3. The van der Waals surface area contributed by atoms with Crippen molar-refractivity contribution in [2.75, 3.05) is 0 Å². The number of hydrogen-bond acceptors (Lipinski definition) is 3. The Morgan fingerprint density at radius 2 is 1.32 bits per heavy atom. The number of hydrogen-bond donors (Lipinski definition) is 0. The molecule has 2 unspecified atom stereocenters. The third kappa shape index (κ3) is 9.54. The SMILES string of the molecule is CC1=C(C#CC2=CCC[C@]3(C)[C@@H]([C@H](C)C(C)c4ccc(O[Si](C)(C)C(C)(C)C)c(O[Si](C)(C)C(C)(C)C)c4)CC[C@@H]23)CC(O[Si](C)(C)C(C)(C)C)CC1. The van der Waals surface area contributed by atoms with Crippen molar-refractivity contribution in [1.29, 1.82) is 0 Å². The lowest BCUT2D eigenvalue weighted by molar-refractivity contribution is 0.103. The van der Waals surface area contributed by atoms with Gasteiger partial charge in [-0.05, 0) is 147 Å². The summed E-state index contributed by atoms with van der Waals surface area (Å²) in [7, 11) is -5.96. The second-order valence-electron chi connectivity index (χ2n) is 22.3.